The van der Waals surface area contributed by atoms with Gasteiger partial charge in [-0.05, 0) is 24.6 Å². The van der Waals surface area contributed by atoms with Crippen LogP contribution in [0.25, 0.3) is 0 Å². The first kappa shape index (κ1) is 10.4. The number of methoxy groups -OCH3 is 1. The maximum atomic E-state index is 10.7. The second-order valence-electron chi connectivity index (χ2n) is 2.91. The van der Waals surface area contributed by atoms with Crippen molar-refractivity contribution < 1.29 is 19.4 Å². The molecule has 0 radical (unpaired) electrons. The number of carbonyl (C=O) groups is 1. The van der Waals surface area contributed by atoms with Crippen LogP contribution in [0.15, 0.2) is 12.1 Å². The highest BCUT2D eigenvalue weighted by molar-refractivity contribution is 5.71. The molecule has 0 atom stereocenters. The van der Waals surface area contributed by atoms with E-state index in [4.69, 9.17) is 9.47 Å². The average molecular weight is 196 g/mol. The van der Waals surface area contributed by atoms with Crippen molar-refractivity contribution in [3.8, 4) is 17.2 Å². The second-order valence-corrected chi connectivity index (χ2v) is 2.91. The Labute approximate surface area is 82.1 Å². The normalized spacial score (nSPS) is 9.64. The van der Waals surface area contributed by atoms with Crippen molar-refractivity contribution in [1.29, 1.82) is 0 Å². The van der Waals surface area contributed by atoms with Crippen molar-refractivity contribution in [2.24, 2.45) is 0 Å². The van der Waals surface area contributed by atoms with Gasteiger partial charge in [0.25, 0.3) is 0 Å². The molecule has 76 valence electrons. The molecule has 4 heteroatoms. The molecule has 0 unspecified atom stereocenters. The molecule has 0 heterocycles. The number of phenols is 1. The molecule has 4 nitrogen and oxygen atoms in total. The molecule has 0 aliphatic carbocycles. The maximum absolute atomic E-state index is 10.7. The Kier molecular flexibility index (Phi) is 2.96. The Morgan fingerprint density at radius 3 is 2.43 bits per heavy atom. The van der Waals surface area contributed by atoms with Gasteiger partial charge in [0.2, 0.25) is 5.75 Å². The van der Waals surface area contributed by atoms with Gasteiger partial charge in [-0.25, -0.2) is 0 Å². The number of aromatic hydroxyl groups is 1. The largest absolute Gasteiger partial charge is 0.502 e. The summed E-state index contributed by atoms with van der Waals surface area (Å²) in [5.41, 5.74) is 0.843. The first-order valence-corrected chi connectivity index (χ1v) is 4.10. The summed E-state index contributed by atoms with van der Waals surface area (Å²) in [6.07, 6.45) is 0. The third-order valence-corrected chi connectivity index (χ3v) is 1.66. The first-order chi connectivity index (χ1) is 6.54. The van der Waals surface area contributed by atoms with E-state index in [1.54, 1.807) is 12.1 Å². The molecule has 0 saturated carbocycles. The van der Waals surface area contributed by atoms with Gasteiger partial charge in [-0.1, -0.05) is 0 Å². The van der Waals surface area contributed by atoms with Gasteiger partial charge in [0.05, 0.1) is 7.11 Å². The summed E-state index contributed by atoms with van der Waals surface area (Å²) in [7, 11) is 1.44. The fourth-order valence-electron chi connectivity index (χ4n) is 1.10. The molecular formula is C10H12O4. The number of benzene rings is 1. The van der Waals surface area contributed by atoms with E-state index in [0.29, 0.717) is 5.75 Å². The highest BCUT2D eigenvalue weighted by atomic mass is 16.5. The van der Waals surface area contributed by atoms with Crippen LogP contribution >= 0.6 is 0 Å². The number of ether oxygens (including phenoxy) is 2. The Morgan fingerprint density at radius 1 is 1.36 bits per heavy atom. The van der Waals surface area contributed by atoms with E-state index in [1.165, 1.54) is 14.0 Å². The highest BCUT2D eigenvalue weighted by Gasteiger charge is 2.11. The van der Waals surface area contributed by atoms with Gasteiger partial charge < -0.3 is 14.6 Å². The minimum absolute atomic E-state index is 0.120. The molecule has 1 aromatic carbocycles. The van der Waals surface area contributed by atoms with Crippen molar-refractivity contribution >= 4 is 5.97 Å². The van der Waals surface area contributed by atoms with Gasteiger partial charge in [-0.3, -0.25) is 4.79 Å². The summed E-state index contributed by atoms with van der Waals surface area (Å²) in [5, 5.41) is 9.56. The number of aryl methyl sites for hydroxylation is 1. The molecule has 1 rings (SSSR count). The van der Waals surface area contributed by atoms with Crippen LogP contribution in [0.1, 0.15) is 12.5 Å². The Balaban J connectivity index is 3.15. The highest BCUT2D eigenvalue weighted by Crippen LogP contribution is 2.37. The molecule has 0 fully saturated rings. The number of rotatable bonds is 2. The third kappa shape index (κ3) is 2.16. The summed E-state index contributed by atoms with van der Waals surface area (Å²) >= 11 is 0. The van der Waals surface area contributed by atoms with Crippen LogP contribution in [0.2, 0.25) is 0 Å². The zero-order valence-electron chi connectivity index (χ0n) is 8.33. The van der Waals surface area contributed by atoms with Crippen molar-refractivity contribution in [3.05, 3.63) is 17.7 Å². The third-order valence-electron chi connectivity index (χ3n) is 1.66. The Morgan fingerprint density at radius 2 is 1.93 bits per heavy atom. The van der Waals surface area contributed by atoms with E-state index in [9.17, 15) is 9.90 Å². The van der Waals surface area contributed by atoms with Crippen LogP contribution in [0.4, 0.5) is 0 Å². The summed E-state index contributed by atoms with van der Waals surface area (Å²) in [6.45, 7) is 3.09. The summed E-state index contributed by atoms with van der Waals surface area (Å²) < 4.78 is 9.71. The Bertz CT molecular complexity index is 357. The van der Waals surface area contributed by atoms with Gasteiger partial charge in [0, 0.05) is 6.92 Å². The molecule has 0 bridgehead atoms. The van der Waals surface area contributed by atoms with Crippen molar-refractivity contribution in [1.82, 2.24) is 0 Å². The van der Waals surface area contributed by atoms with Crippen molar-refractivity contribution in [2.75, 3.05) is 7.11 Å². The number of esters is 1. The molecule has 1 aromatic rings. The molecule has 0 amide bonds. The molecular weight excluding hydrogens is 184 g/mol. The van der Waals surface area contributed by atoms with E-state index in [-0.39, 0.29) is 11.5 Å². The zero-order valence-corrected chi connectivity index (χ0v) is 8.33. The fourth-order valence-corrected chi connectivity index (χ4v) is 1.10. The standard InChI is InChI=1S/C10H12O4/c1-6-4-8(13-3)10(12)9(5-6)14-7(2)11/h4-5,12H,1-3H3. The van der Waals surface area contributed by atoms with Crippen molar-refractivity contribution in [2.45, 2.75) is 13.8 Å². The van der Waals surface area contributed by atoms with Crippen LogP contribution in [0, 0.1) is 6.92 Å². The first-order valence-electron chi connectivity index (χ1n) is 4.10. The summed E-state index contributed by atoms with van der Waals surface area (Å²) in [4.78, 5) is 10.7. The summed E-state index contributed by atoms with van der Waals surface area (Å²) in [6, 6.07) is 3.22. The Hall–Kier alpha value is -1.71. The van der Waals surface area contributed by atoms with Gasteiger partial charge in [-0.15, -0.1) is 0 Å². The lowest BCUT2D eigenvalue weighted by molar-refractivity contribution is -0.132. The molecule has 0 saturated heterocycles. The second kappa shape index (κ2) is 4.00. The van der Waals surface area contributed by atoms with Crippen LogP contribution in [-0.4, -0.2) is 18.2 Å². The van der Waals surface area contributed by atoms with Crippen LogP contribution in [0.5, 0.6) is 17.2 Å². The van der Waals surface area contributed by atoms with E-state index < -0.39 is 5.97 Å². The number of hydrogen-bond donors (Lipinski definition) is 1. The van der Waals surface area contributed by atoms with Crippen LogP contribution in [0.3, 0.4) is 0 Å². The summed E-state index contributed by atoms with van der Waals surface area (Å²) in [5.74, 6) is -0.225. The minimum Gasteiger partial charge on any atom is -0.502 e. The van der Waals surface area contributed by atoms with Gasteiger partial charge in [0.15, 0.2) is 11.5 Å². The predicted octanol–water partition coefficient (Wildman–Crippen LogP) is 1.63. The number of hydrogen-bond acceptors (Lipinski definition) is 4. The molecule has 14 heavy (non-hydrogen) atoms. The molecule has 0 aliphatic rings. The van der Waals surface area contributed by atoms with Crippen LogP contribution < -0.4 is 9.47 Å². The predicted molar refractivity (Wildman–Crippen MR) is 50.7 cm³/mol. The van der Waals surface area contributed by atoms with E-state index in [1.807, 2.05) is 6.92 Å². The van der Waals surface area contributed by atoms with E-state index in [0.717, 1.165) is 5.56 Å². The molecule has 1 N–H and O–H groups in total. The quantitative estimate of drug-likeness (QED) is 0.577. The van der Waals surface area contributed by atoms with E-state index in [2.05, 4.69) is 0 Å². The molecule has 0 aromatic heterocycles. The topological polar surface area (TPSA) is 55.8 Å². The lowest BCUT2D eigenvalue weighted by Crippen LogP contribution is -2.02. The van der Waals surface area contributed by atoms with Gasteiger partial charge in [-0.2, -0.15) is 0 Å². The smallest absolute Gasteiger partial charge is 0.308 e. The number of phenolic OH excluding ortho intramolecular Hbond substituents is 1. The van der Waals surface area contributed by atoms with Crippen LogP contribution in [-0.2, 0) is 4.79 Å². The SMILES string of the molecule is COc1cc(C)cc(OC(C)=O)c1O. The van der Waals surface area contributed by atoms with Gasteiger partial charge in [0.1, 0.15) is 0 Å². The minimum atomic E-state index is -0.479. The lowest BCUT2D eigenvalue weighted by Gasteiger charge is -2.09. The fraction of sp³-hybridized carbons (Fsp3) is 0.300. The van der Waals surface area contributed by atoms with E-state index >= 15 is 0 Å². The molecule has 0 aliphatic heterocycles. The monoisotopic (exact) mass is 196 g/mol. The average Bonchev–Trinajstić information content (AvgIpc) is 2.09. The van der Waals surface area contributed by atoms with Gasteiger partial charge >= 0.3 is 5.97 Å². The zero-order chi connectivity index (χ0) is 10.7. The lowest BCUT2D eigenvalue weighted by atomic mass is 10.2. The number of carbonyl (C=O) groups excluding carboxylic acids is 1. The van der Waals surface area contributed by atoms with Crippen molar-refractivity contribution in [3.63, 3.8) is 0 Å². The maximum Gasteiger partial charge on any atom is 0.308 e. The molecule has 0 spiro atoms.